The van der Waals surface area contributed by atoms with Crippen molar-refractivity contribution in [3.8, 4) is 0 Å². The van der Waals surface area contributed by atoms with Gasteiger partial charge in [-0.25, -0.2) is 4.98 Å². The number of carbonyl (C=O) groups is 1. The van der Waals surface area contributed by atoms with E-state index in [1.165, 1.54) is 0 Å². The van der Waals surface area contributed by atoms with Crippen molar-refractivity contribution in [1.82, 2.24) is 9.88 Å². The SMILES string of the molecule is CC(O)CC1CCCN1C(=O)Cc1csc(C(C)C)n1. The van der Waals surface area contributed by atoms with Crippen molar-refractivity contribution in [2.75, 3.05) is 6.54 Å². The lowest BCUT2D eigenvalue weighted by Crippen LogP contribution is -2.38. The quantitative estimate of drug-likeness (QED) is 0.908. The number of carbonyl (C=O) groups excluding carboxylic acids is 1. The molecule has 1 N–H and O–H groups in total. The van der Waals surface area contributed by atoms with E-state index in [-0.39, 0.29) is 18.1 Å². The number of aliphatic hydroxyl groups excluding tert-OH is 1. The van der Waals surface area contributed by atoms with Crippen LogP contribution in [0, 0.1) is 0 Å². The highest BCUT2D eigenvalue weighted by Gasteiger charge is 2.29. The summed E-state index contributed by atoms with van der Waals surface area (Å²) in [5.74, 6) is 0.562. The molecule has 1 amide bonds. The van der Waals surface area contributed by atoms with Crippen LogP contribution in [0.5, 0.6) is 0 Å². The van der Waals surface area contributed by atoms with Crippen LogP contribution < -0.4 is 0 Å². The van der Waals surface area contributed by atoms with Crippen molar-refractivity contribution in [3.05, 3.63) is 16.1 Å². The summed E-state index contributed by atoms with van der Waals surface area (Å²) in [6.45, 7) is 6.83. The summed E-state index contributed by atoms with van der Waals surface area (Å²) in [6.07, 6.45) is 2.77. The highest BCUT2D eigenvalue weighted by Crippen LogP contribution is 2.24. The number of aliphatic hydroxyl groups is 1. The van der Waals surface area contributed by atoms with Crippen LogP contribution in [0.15, 0.2) is 5.38 Å². The molecule has 5 heteroatoms. The number of rotatable bonds is 5. The van der Waals surface area contributed by atoms with E-state index in [9.17, 15) is 9.90 Å². The molecule has 2 unspecified atom stereocenters. The molecule has 0 bridgehead atoms. The number of hydrogen-bond acceptors (Lipinski definition) is 4. The predicted octanol–water partition coefficient (Wildman–Crippen LogP) is 2.57. The zero-order valence-electron chi connectivity index (χ0n) is 12.5. The van der Waals surface area contributed by atoms with Gasteiger partial charge in [-0.15, -0.1) is 11.3 Å². The molecule has 0 aliphatic carbocycles. The first-order chi connectivity index (χ1) is 9.47. The van der Waals surface area contributed by atoms with Gasteiger partial charge in [0.15, 0.2) is 0 Å². The minimum atomic E-state index is -0.347. The number of nitrogens with zero attached hydrogens (tertiary/aromatic N) is 2. The molecular formula is C15H24N2O2S. The van der Waals surface area contributed by atoms with Crippen LogP contribution in [-0.4, -0.2) is 39.6 Å². The number of likely N-dealkylation sites (tertiary alicyclic amines) is 1. The molecule has 1 aromatic rings. The van der Waals surface area contributed by atoms with Gasteiger partial charge in [-0.3, -0.25) is 4.79 Å². The van der Waals surface area contributed by atoms with Gasteiger partial charge in [-0.05, 0) is 26.2 Å². The monoisotopic (exact) mass is 296 g/mol. The molecule has 112 valence electrons. The first-order valence-corrected chi connectivity index (χ1v) is 8.27. The Balaban J connectivity index is 1.96. The van der Waals surface area contributed by atoms with E-state index in [1.54, 1.807) is 18.3 Å². The smallest absolute Gasteiger partial charge is 0.228 e. The molecular weight excluding hydrogens is 272 g/mol. The second-order valence-electron chi connectivity index (χ2n) is 5.98. The van der Waals surface area contributed by atoms with Crippen LogP contribution in [-0.2, 0) is 11.2 Å². The minimum Gasteiger partial charge on any atom is -0.393 e. The van der Waals surface area contributed by atoms with Gasteiger partial charge < -0.3 is 10.0 Å². The maximum Gasteiger partial charge on any atom is 0.228 e. The van der Waals surface area contributed by atoms with Crippen molar-refractivity contribution >= 4 is 17.2 Å². The number of thiazole rings is 1. The maximum absolute atomic E-state index is 12.4. The van der Waals surface area contributed by atoms with Gasteiger partial charge in [0.05, 0.1) is 23.2 Å². The fourth-order valence-corrected chi connectivity index (χ4v) is 3.56. The third-order valence-electron chi connectivity index (χ3n) is 3.71. The third kappa shape index (κ3) is 3.79. The van der Waals surface area contributed by atoms with Crippen LogP contribution in [0.3, 0.4) is 0 Å². The first-order valence-electron chi connectivity index (χ1n) is 7.39. The molecule has 4 nitrogen and oxygen atoms in total. The molecule has 2 heterocycles. The Morgan fingerprint density at radius 3 is 2.90 bits per heavy atom. The fourth-order valence-electron chi connectivity index (χ4n) is 2.73. The van der Waals surface area contributed by atoms with Crippen LogP contribution in [0.4, 0.5) is 0 Å². The van der Waals surface area contributed by atoms with E-state index < -0.39 is 0 Å². The maximum atomic E-state index is 12.4. The summed E-state index contributed by atoms with van der Waals surface area (Å²) < 4.78 is 0. The Bertz CT molecular complexity index is 456. The van der Waals surface area contributed by atoms with Gasteiger partial charge in [-0.2, -0.15) is 0 Å². The summed E-state index contributed by atoms with van der Waals surface area (Å²) in [5, 5.41) is 12.6. The van der Waals surface area contributed by atoms with E-state index in [2.05, 4.69) is 18.8 Å². The van der Waals surface area contributed by atoms with E-state index in [0.717, 1.165) is 30.1 Å². The van der Waals surface area contributed by atoms with Crippen molar-refractivity contribution in [3.63, 3.8) is 0 Å². The summed E-state index contributed by atoms with van der Waals surface area (Å²) in [5.41, 5.74) is 0.881. The molecule has 20 heavy (non-hydrogen) atoms. The second-order valence-corrected chi connectivity index (χ2v) is 6.87. The van der Waals surface area contributed by atoms with Crippen molar-refractivity contribution in [2.45, 2.75) is 64.5 Å². The van der Waals surface area contributed by atoms with Crippen molar-refractivity contribution < 1.29 is 9.90 Å². The van der Waals surface area contributed by atoms with Crippen LogP contribution in [0.1, 0.15) is 56.7 Å². The van der Waals surface area contributed by atoms with Gasteiger partial charge in [0, 0.05) is 23.9 Å². The molecule has 1 saturated heterocycles. The van der Waals surface area contributed by atoms with Crippen molar-refractivity contribution in [1.29, 1.82) is 0 Å². The average Bonchev–Trinajstić information content (AvgIpc) is 2.97. The van der Waals surface area contributed by atoms with Crippen LogP contribution >= 0.6 is 11.3 Å². The standard InChI is InChI=1S/C15H24N2O2S/c1-10(2)15-16-12(9-20-15)8-14(19)17-6-4-5-13(17)7-11(3)18/h9-11,13,18H,4-8H2,1-3H3. The first kappa shape index (κ1) is 15.4. The Morgan fingerprint density at radius 1 is 1.55 bits per heavy atom. The average molecular weight is 296 g/mol. The molecule has 0 saturated carbocycles. The molecule has 1 aromatic heterocycles. The van der Waals surface area contributed by atoms with Gasteiger partial charge in [0.1, 0.15) is 0 Å². The lowest BCUT2D eigenvalue weighted by Gasteiger charge is -2.25. The normalized spacial score (nSPS) is 20.6. The number of amides is 1. The molecule has 1 aliphatic heterocycles. The summed E-state index contributed by atoms with van der Waals surface area (Å²) in [6, 6.07) is 0.200. The van der Waals surface area contributed by atoms with Gasteiger partial charge in [0.25, 0.3) is 0 Å². The van der Waals surface area contributed by atoms with Crippen LogP contribution in [0.25, 0.3) is 0 Å². The van der Waals surface area contributed by atoms with E-state index in [4.69, 9.17) is 0 Å². The molecule has 0 aromatic carbocycles. The summed E-state index contributed by atoms with van der Waals surface area (Å²) in [4.78, 5) is 18.9. The fraction of sp³-hybridized carbons (Fsp3) is 0.733. The van der Waals surface area contributed by atoms with Crippen molar-refractivity contribution in [2.24, 2.45) is 0 Å². The lowest BCUT2D eigenvalue weighted by atomic mass is 10.1. The Kier molecular flexibility index (Phi) is 5.16. The molecule has 2 atom stereocenters. The molecule has 0 radical (unpaired) electrons. The summed E-state index contributed by atoms with van der Waals surface area (Å²) in [7, 11) is 0. The molecule has 1 fully saturated rings. The van der Waals surface area contributed by atoms with E-state index in [1.807, 2.05) is 10.3 Å². The highest BCUT2D eigenvalue weighted by molar-refractivity contribution is 7.09. The summed E-state index contributed by atoms with van der Waals surface area (Å²) >= 11 is 1.63. The van der Waals surface area contributed by atoms with E-state index in [0.29, 0.717) is 18.8 Å². The topological polar surface area (TPSA) is 53.4 Å². The number of hydrogen-bond donors (Lipinski definition) is 1. The Hall–Kier alpha value is -0.940. The Labute approximate surface area is 124 Å². The largest absolute Gasteiger partial charge is 0.393 e. The van der Waals surface area contributed by atoms with E-state index >= 15 is 0 Å². The highest BCUT2D eigenvalue weighted by atomic mass is 32.1. The molecule has 1 aliphatic rings. The predicted molar refractivity (Wildman–Crippen MR) is 80.9 cm³/mol. The molecule has 2 rings (SSSR count). The Morgan fingerprint density at radius 2 is 2.30 bits per heavy atom. The van der Waals surface area contributed by atoms with Gasteiger partial charge in [0.2, 0.25) is 5.91 Å². The molecule has 0 spiro atoms. The number of aromatic nitrogens is 1. The zero-order chi connectivity index (χ0) is 14.7. The van der Waals surface area contributed by atoms with Gasteiger partial charge in [-0.1, -0.05) is 13.8 Å². The third-order valence-corrected chi connectivity index (χ3v) is 4.90. The van der Waals surface area contributed by atoms with Gasteiger partial charge >= 0.3 is 0 Å². The lowest BCUT2D eigenvalue weighted by molar-refractivity contribution is -0.131. The van der Waals surface area contributed by atoms with Crippen LogP contribution in [0.2, 0.25) is 0 Å². The second kappa shape index (κ2) is 6.68. The zero-order valence-corrected chi connectivity index (χ0v) is 13.3. The minimum absolute atomic E-state index is 0.147.